The highest BCUT2D eigenvalue weighted by Crippen LogP contribution is 2.25. The van der Waals surface area contributed by atoms with Gasteiger partial charge >= 0.3 is 0 Å². The molecule has 0 aliphatic rings. The number of carbonyl (C=O) groups is 2. The van der Waals surface area contributed by atoms with Crippen LogP contribution in [0.4, 0.5) is 5.69 Å². The SMILES string of the molecule is CCCNC(=O)[C@H](CC)N(Cc1ccc(Cl)cc1Cl)C(=O)CN(c1cccc(C)c1)S(C)(=O)=O. The van der Waals surface area contributed by atoms with E-state index in [1.807, 2.05) is 19.9 Å². The van der Waals surface area contributed by atoms with Crippen molar-refractivity contribution in [3.63, 3.8) is 0 Å². The van der Waals surface area contributed by atoms with Gasteiger partial charge in [-0.2, -0.15) is 0 Å². The number of rotatable bonds is 11. The molecular weight excluding hydrogens is 497 g/mol. The number of nitrogens with one attached hydrogen (secondary N) is 1. The number of halogens is 2. The first-order chi connectivity index (χ1) is 16.0. The lowest BCUT2D eigenvalue weighted by Crippen LogP contribution is -2.52. The van der Waals surface area contributed by atoms with Crippen molar-refractivity contribution < 1.29 is 18.0 Å². The lowest BCUT2D eigenvalue weighted by molar-refractivity contribution is -0.140. The molecule has 0 aliphatic carbocycles. The Morgan fingerprint density at radius 1 is 1.09 bits per heavy atom. The highest BCUT2D eigenvalue weighted by molar-refractivity contribution is 7.92. The Balaban J connectivity index is 2.46. The summed E-state index contributed by atoms with van der Waals surface area (Å²) in [5, 5.41) is 3.63. The summed E-state index contributed by atoms with van der Waals surface area (Å²) in [6.07, 6.45) is 2.14. The van der Waals surface area contributed by atoms with E-state index in [1.54, 1.807) is 43.3 Å². The van der Waals surface area contributed by atoms with Crippen molar-refractivity contribution in [1.82, 2.24) is 10.2 Å². The number of carbonyl (C=O) groups excluding carboxylic acids is 2. The molecule has 7 nitrogen and oxygen atoms in total. The minimum absolute atomic E-state index is 0.0261. The van der Waals surface area contributed by atoms with Crippen molar-refractivity contribution in [2.45, 2.75) is 46.2 Å². The predicted octanol–water partition coefficient (Wildman–Crippen LogP) is 4.40. The van der Waals surface area contributed by atoms with Crippen LogP contribution in [0, 0.1) is 6.92 Å². The third kappa shape index (κ3) is 7.61. The zero-order valence-electron chi connectivity index (χ0n) is 19.8. The van der Waals surface area contributed by atoms with E-state index in [0.717, 1.165) is 22.5 Å². The summed E-state index contributed by atoms with van der Waals surface area (Å²) in [6, 6.07) is 11.0. The van der Waals surface area contributed by atoms with E-state index < -0.39 is 28.5 Å². The first-order valence-electron chi connectivity index (χ1n) is 11.0. The molecule has 0 fully saturated rings. The summed E-state index contributed by atoms with van der Waals surface area (Å²) < 4.78 is 26.3. The summed E-state index contributed by atoms with van der Waals surface area (Å²) >= 11 is 12.4. The Morgan fingerprint density at radius 2 is 1.79 bits per heavy atom. The molecule has 2 amide bonds. The second-order valence-electron chi connectivity index (χ2n) is 8.08. The largest absolute Gasteiger partial charge is 0.354 e. The van der Waals surface area contributed by atoms with Gasteiger partial charge in [-0.05, 0) is 55.2 Å². The molecule has 2 aromatic carbocycles. The average molecular weight is 529 g/mol. The van der Waals surface area contributed by atoms with E-state index in [0.29, 0.717) is 34.3 Å². The Bertz CT molecular complexity index is 1120. The molecule has 0 spiro atoms. The molecule has 186 valence electrons. The molecule has 0 saturated heterocycles. The van der Waals surface area contributed by atoms with Crippen molar-refractivity contribution in [1.29, 1.82) is 0 Å². The molecule has 0 aromatic heterocycles. The summed E-state index contributed by atoms with van der Waals surface area (Å²) in [7, 11) is -3.78. The second-order valence-corrected chi connectivity index (χ2v) is 10.8. The Labute approximate surface area is 212 Å². The van der Waals surface area contributed by atoms with Gasteiger partial charge in [0.1, 0.15) is 12.6 Å². The van der Waals surface area contributed by atoms with Crippen LogP contribution in [0.3, 0.4) is 0 Å². The topological polar surface area (TPSA) is 86.8 Å². The standard InChI is InChI=1S/C24H31Cl2N3O4S/c1-5-12-27-24(31)22(6-2)28(15-18-10-11-19(25)14-21(18)26)23(30)16-29(34(4,32)33)20-9-7-8-17(3)13-20/h7-11,13-14,22H,5-6,12,15-16H2,1-4H3,(H,27,31)/t22-/m0/s1. The smallest absolute Gasteiger partial charge is 0.244 e. The van der Waals surface area contributed by atoms with E-state index >= 15 is 0 Å². The van der Waals surface area contributed by atoms with Crippen LogP contribution in [-0.4, -0.2) is 50.5 Å². The van der Waals surface area contributed by atoms with Crippen LogP contribution < -0.4 is 9.62 Å². The number of anilines is 1. The van der Waals surface area contributed by atoms with Crippen molar-refractivity contribution in [3.05, 3.63) is 63.6 Å². The number of amides is 2. The van der Waals surface area contributed by atoms with Gasteiger partial charge in [0.25, 0.3) is 0 Å². The molecule has 0 aliphatic heterocycles. The molecule has 0 unspecified atom stereocenters. The summed E-state index contributed by atoms with van der Waals surface area (Å²) in [4.78, 5) is 27.9. The fourth-order valence-electron chi connectivity index (χ4n) is 3.52. The molecule has 1 atom stereocenters. The van der Waals surface area contributed by atoms with Crippen molar-refractivity contribution in [2.24, 2.45) is 0 Å². The molecule has 10 heteroatoms. The summed E-state index contributed by atoms with van der Waals surface area (Å²) in [5.41, 5.74) is 1.83. The van der Waals surface area contributed by atoms with Crippen LogP contribution in [0.25, 0.3) is 0 Å². The Kier molecular flexibility index (Phi) is 10.2. The number of aryl methyl sites for hydroxylation is 1. The van der Waals surface area contributed by atoms with Crippen LogP contribution in [0.5, 0.6) is 0 Å². The zero-order valence-corrected chi connectivity index (χ0v) is 22.2. The first-order valence-corrected chi connectivity index (χ1v) is 13.6. The maximum Gasteiger partial charge on any atom is 0.244 e. The highest BCUT2D eigenvalue weighted by atomic mass is 35.5. The molecule has 0 saturated carbocycles. The summed E-state index contributed by atoms with van der Waals surface area (Å²) in [5.74, 6) is -0.819. The van der Waals surface area contributed by atoms with Gasteiger partial charge in [0.2, 0.25) is 21.8 Å². The Hall–Kier alpha value is -2.29. The van der Waals surface area contributed by atoms with Gasteiger partial charge in [0.15, 0.2) is 0 Å². The number of benzene rings is 2. The van der Waals surface area contributed by atoms with Crippen LogP contribution in [0.1, 0.15) is 37.8 Å². The van der Waals surface area contributed by atoms with E-state index in [2.05, 4.69) is 5.32 Å². The van der Waals surface area contributed by atoms with Crippen LogP contribution >= 0.6 is 23.2 Å². The number of hydrogen-bond acceptors (Lipinski definition) is 4. The van der Waals surface area contributed by atoms with Gasteiger partial charge in [-0.15, -0.1) is 0 Å². The third-order valence-electron chi connectivity index (χ3n) is 5.26. The van der Waals surface area contributed by atoms with E-state index in [1.165, 1.54) is 4.90 Å². The Morgan fingerprint density at radius 3 is 2.35 bits per heavy atom. The van der Waals surface area contributed by atoms with Gasteiger partial charge in [-0.3, -0.25) is 13.9 Å². The van der Waals surface area contributed by atoms with E-state index in [9.17, 15) is 18.0 Å². The number of nitrogens with zero attached hydrogens (tertiary/aromatic N) is 2. The quantitative estimate of drug-likeness (QED) is 0.469. The van der Waals surface area contributed by atoms with Gasteiger partial charge in [-0.1, -0.05) is 55.2 Å². The van der Waals surface area contributed by atoms with Crippen molar-refractivity contribution >= 4 is 50.7 Å². The van der Waals surface area contributed by atoms with Crippen molar-refractivity contribution in [3.8, 4) is 0 Å². The molecule has 0 heterocycles. The fourth-order valence-corrected chi connectivity index (χ4v) is 4.83. The number of hydrogen-bond donors (Lipinski definition) is 1. The maximum absolute atomic E-state index is 13.6. The van der Waals surface area contributed by atoms with Crippen molar-refractivity contribution in [2.75, 3.05) is 23.7 Å². The molecule has 2 rings (SSSR count). The molecule has 0 bridgehead atoms. The molecule has 2 aromatic rings. The van der Waals surface area contributed by atoms with Gasteiger partial charge in [-0.25, -0.2) is 8.42 Å². The fraction of sp³-hybridized carbons (Fsp3) is 0.417. The normalized spacial score (nSPS) is 12.2. The minimum Gasteiger partial charge on any atom is -0.354 e. The third-order valence-corrected chi connectivity index (χ3v) is 6.99. The van der Waals surface area contributed by atoms with Crippen LogP contribution in [-0.2, 0) is 26.2 Å². The lowest BCUT2D eigenvalue weighted by atomic mass is 10.1. The number of sulfonamides is 1. The van der Waals surface area contributed by atoms with Crippen LogP contribution in [0.15, 0.2) is 42.5 Å². The van der Waals surface area contributed by atoms with Crippen LogP contribution in [0.2, 0.25) is 10.0 Å². The van der Waals surface area contributed by atoms with E-state index in [-0.39, 0.29) is 12.5 Å². The maximum atomic E-state index is 13.6. The molecule has 1 N–H and O–H groups in total. The molecule has 0 radical (unpaired) electrons. The second kappa shape index (κ2) is 12.4. The molecule has 34 heavy (non-hydrogen) atoms. The summed E-state index contributed by atoms with van der Waals surface area (Å²) in [6.45, 7) is 5.62. The van der Waals surface area contributed by atoms with Gasteiger partial charge in [0.05, 0.1) is 11.9 Å². The predicted molar refractivity (Wildman–Crippen MR) is 138 cm³/mol. The first kappa shape index (κ1) is 28.0. The van der Waals surface area contributed by atoms with Gasteiger partial charge < -0.3 is 10.2 Å². The monoisotopic (exact) mass is 527 g/mol. The van der Waals surface area contributed by atoms with Gasteiger partial charge in [0, 0.05) is 23.1 Å². The molecular formula is C24H31Cl2N3O4S. The highest BCUT2D eigenvalue weighted by Gasteiger charge is 2.32. The zero-order chi connectivity index (χ0) is 25.5. The minimum atomic E-state index is -3.78. The van der Waals surface area contributed by atoms with E-state index in [4.69, 9.17) is 23.2 Å². The average Bonchev–Trinajstić information content (AvgIpc) is 2.76. The lowest BCUT2D eigenvalue weighted by Gasteiger charge is -2.33.